The number of amides is 2. The number of nitrogens with one attached hydrogen (secondary N) is 2. The molecule has 1 aromatic rings. The molecule has 2 atom stereocenters. The Balaban J connectivity index is 2.79. The summed E-state index contributed by atoms with van der Waals surface area (Å²) < 4.78 is 10.6. The number of carbonyl (C=O) groups is 2. The number of amidine groups is 1. The van der Waals surface area contributed by atoms with E-state index < -0.39 is 34.7 Å². The first-order valence-electron chi connectivity index (χ1n) is 10.1. The SMILES string of the molecule is CCOc1ccc(CNC(=O)C(CCC(N)/C(N)=N\[N+](=O)[O-])NC(=O)OC(C)(C)C)cc1. The first-order valence-corrected chi connectivity index (χ1v) is 10.1. The number of hydrogen-bond acceptors (Lipinski definition) is 7. The monoisotopic (exact) mass is 452 g/mol. The van der Waals surface area contributed by atoms with Crippen LogP contribution >= 0.6 is 0 Å². The number of carbonyl (C=O) groups excluding carboxylic acids is 2. The standard InChI is InChI=1S/C20H32N6O6/c1-5-31-14-8-6-13(7-9-14)12-23-18(27)16(24-19(28)32-20(2,3)4)11-10-15(21)17(22)25-26(29)30/h6-9,15-16H,5,10-12,21H2,1-4H3,(H2,22,25)(H,23,27)(H,24,28). The van der Waals surface area contributed by atoms with Gasteiger partial charge in [-0.1, -0.05) is 12.1 Å². The number of nitrogens with zero attached hydrogens (tertiary/aromatic N) is 2. The maximum absolute atomic E-state index is 12.7. The second-order valence-electron chi connectivity index (χ2n) is 7.94. The lowest BCUT2D eigenvalue weighted by molar-refractivity contribution is -0.485. The Labute approximate surface area is 186 Å². The second kappa shape index (κ2) is 12.4. The molecular weight excluding hydrogens is 420 g/mol. The van der Waals surface area contributed by atoms with Crippen LogP contribution < -0.4 is 26.8 Å². The van der Waals surface area contributed by atoms with Gasteiger partial charge in [-0.3, -0.25) is 4.79 Å². The van der Waals surface area contributed by atoms with Gasteiger partial charge in [-0.2, -0.15) is 0 Å². The van der Waals surface area contributed by atoms with E-state index in [0.29, 0.717) is 6.61 Å². The van der Waals surface area contributed by atoms with Crippen molar-refractivity contribution in [1.82, 2.24) is 10.6 Å². The van der Waals surface area contributed by atoms with Crippen molar-refractivity contribution in [3.63, 3.8) is 0 Å². The van der Waals surface area contributed by atoms with E-state index in [-0.39, 0.29) is 25.2 Å². The smallest absolute Gasteiger partial charge is 0.408 e. The Hall–Kier alpha value is -3.41. The van der Waals surface area contributed by atoms with Gasteiger partial charge in [0.1, 0.15) is 17.4 Å². The van der Waals surface area contributed by atoms with Crippen molar-refractivity contribution >= 4 is 17.8 Å². The highest BCUT2D eigenvalue weighted by Gasteiger charge is 2.25. The topological polar surface area (TPSA) is 184 Å². The van der Waals surface area contributed by atoms with Crippen LogP contribution in [0.2, 0.25) is 0 Å². The van der Waals surface area contributed by atoms with Crippen LogP contribution in [0.1, 0.15) is 46.1 Å². The Morgan fingerprint density at radius 1 is 1.22 bits per heavy atom. The van der Waals surface area contributed by atoms with Crippen LogP contribution in [0.25, 0.3) is 0 Å². The maximum atomic E-state index is 12.7. The van der Waals surface area contributed by atoms with Crippen LogP contribution in [-0.2, 0) is 16.1 Å². The molecule has 0 aliphatic carbocycles. The maximum Gasteiger partial charge on any atom is 0.408 e. The van der Waals surface area contributed by atoms with Crippen molar-refractivity contribution in [3.8, 4) is 5.75 Å². The number of nitrogens with two attached hydrogens (primary N) is 2. The third kappa shape index (κ3) is 10.6. The molecule has 0 spiro atoms. The van der Waals surface area contributed by atoms with Crippen molar-refractivity contribution < 1.29 is 24.1 Å². The molecular formula is C20H32N6O6. The van der Waals surface area contributed by atoms with E-state index >= 15 is 0 Å². The summed E-state index contributed by atoms with van der Waals surface area (Å²) in [4.78, 5) is 35.4. The first-order chi connectivity index (χ1) is 14.9. The summed E-state index contributed by atoms with van der Waals surface area (Å²) in [6, 6.07) is 5.25. The lowest BCUT2D eigenvalue weighted by Gasteiger charge is -2.24. The second-order valence-corrected chi connectivity index (χ2v) is 7.94. The van der Waals surface area contributed by atoms with Gasteiger partial charge >= 0.3 is 6.09 Å². The lowest BCUT2D eigenvalue weighted by atomic mass is 10.1. The lowest BCUT2D eigenvalue weighted by Crippen LogP contribution is -2.49. The van der Waals surface area contributed by atoms with Crippen LogP contribution in [0.3, 0.4) is 0 Å². The van der Waals surface area contributed by atoms with E-state index in [2.05, 4.69) is 15.7 Å². The zero-order chi connectivity index (χ0) is 24.3. The van der Waals surface area contributed by atoms with Crippen LogP contribution in [0.5, 0.6) is 5.75 Å². The van der Waals surface area contributed by atoms with E-state index in [9.17, 15) is 19.7 Å². The quantitative estimate of drug-likeness (QED) is 0.167. The molecule has 0 fully saturated rings. The minimum atomic E-state index is -0.998. The third-order valence-electron chi connectivity index (χ3n) is 4.05. The minimum Gasteiger partial charge on any atom is -0.494 e. The zero-order valence-corrected chi connectivity index (χ0v) is 18.8. The molecule has 0 heterocycles. The molecule has 0 aliphatic rings. The van der Waals surface area contributed by atoms with E-state index in [4.69, 9.17) is 20.9 Å². The highest BCUT2D eigenvalue weighted by Crippen LogP contribution is 2.12. The van der Waals surface area contributed by atoms with Gasteiger partial charge in [0.25, 0.3) is 0 Å². The molecule has 2 amide bonds. The largest absolute Gasteiger partial charge is 0.494 e. The molecule has 12 nitrogen and oxygen atoms in total. The van der Waals surface area contributed by atoms with E-state index in [1.807, 2.05) is 19.1 Å². The van der Waals surface area contributed by atoms with Crippen molar-refractivity contribution in [2.45, 2.75) is 64.8 Å². The van der Waals surface area contributed by atoms with Gasteiger partial charge in [-0.25, -0.2) is 14.9 Å². The molecule has 0 bridgehead atoms. The van der Waals surface area contributed by atoms with Crippen molar-refractivity contribution in [2.24, 2.45) is 16.6 Å². The summed E-state index contributed by atoms with van der Waals surface area (Å²) >= 11 is 0. The average Bonchev–Trinajstić information content (AvgIpc) is 2.68. The van der Waals surface area contributed by atoms with Gasteiger partial charge < -0.3 is 31.6 Å². The molecule has 0 saturated heterocycles. The Bertz CT molecular complexity index is 806. The number of alkyl carbamates (subject to hydrolysis) is 1. The number of rotatable bonds is 11. The Kier molecular flexibility index (Phi) is 10.4. The summed E-state index contributed by atoms with van der Waals surface area (Å²) in [5.41, 5.74) is 11.4. The highest BCUT2D eigenvalue weighted by atomic mass is 16.7. The van der Waals surface area contributed by atoms with E-state index in [1.54, 1.807) is 32.9 Å². The van der Waals surface area contributed by atoms with E-state index in [1.165, 1.54) is 0 Å². The summed E-state index contributed by atoms with van der Waals surface area (Å²) in [6.45, 7) is 7.73. The van der Waals surface area contributed by atoms with Gasteiger partial charge in [-0.15, -0.1) is 0 Å². The number of nitro groups is 1. The van der Waals surface area contributed by atoms with Gasteiger partial charge in [0.15, 0.2) is 10.9 Å². The summed E-state index contributed by atoms with van der Waals surface area (Å²) in [5.74, 6) is -0.127. The molecule has 6 N–H and O–H groups in total. The predicted molar refractivity (Wildman–Crippen MR) is 118 cm³/mol. The number of benzene rings is 1. The van der Waals surface area contributed by atoms with Gasteiger partial charge in [0.05, 0.1) is 17.8 Å². The molecule has 2 unspecified atom stereocenters. The normalized spacial score (nSPS) is 13.6. The van der Waals surface area contributed by atoms with Crippen molar-refractivity contribution in [3.05, 3.63) is 39.9 Å². The molecule has 0 aliphatic heterocycles. The van der Waals surface area contributed by atoms with Crippen LogP contribution in [-0.4, -0.2) is 47.2 Å². The van der Waals surface area contributed by atoms with Gasteiger partial charge in [-0.05, 0) is 58.2 Å². The van der Waals surface area contributed by atoms with Crippen molar-refractivity contribution in [2.75, 3.05) is 6.61 Å². The Morgan fingerprint density at radius 2 is 1.84 bits per heavy atom. The fourth-order valence-electron chi connectivity index (χ4n) is 2.56. The van der Waals surface area contributed by atoms with Crippen LogP contribution in [0.4, 0.5) is 4.79 Å². The first kappa shape index (κ1) is 26.6. The van der Waals surface area contributed by atoms with Crippen LogP contribution in [0, 0.1) is 10.1 Å². The zero-order valence-electron chi connectivity index (χ0n) is 18.8. The number of hydrazone groups is 1. The molecule has 178 valence electrons. The van der Waals surface area contributed by atoms with E-state index in [0.717, 1.165) is 11.3 Å². The van der Waals surface area contributed by atoms with Gasteiger partial charge in [0, 0.05) is 6.54 Å². The highest BCUT2D eigenvalue weighted by molar-refractivity contribution is 5.86. The minimum absolute atomic E-state index is 0.0590. The fourth-order valence-corrected chi connectivity index (χ4v) is 2.56. The molecule has 0 saturated carbocycles. The summed E-state index contributed by atoms with van der Waals surface area (Å²) in [5, 5.41) is 17.7. The van der Waals surface area contributed by atoms with Crippen LogP contribution in [0.15, 0.2) is 29.4 Å². The summed E-state index contributed by atoms with van der Waals surface area (Å²) in [6.07, 6.45) is -0.650. The van der Waals surface area contributed by atoms with Crippen molar-refractivity contribution in [1.29, 1.82) is 0 Å². The third-order valence-corrected chi connectivity index (χ3v) is 4.05. The molecule has 0 aromatic heterocycles. The number of hydrogen-bond donors (Lipinski definition) is 4. The summed E-state index contributed by atoms with van der Waals surface area (Å²) in [7, 11) is 0. The molecule has 12 heteroatoms. The molecule has 0 radical (unpaired) electrons. The molecule has 32 heavy (non-hydrogen) atoms. The fraction of sp³-hybridized carbons (Fsp3) is 0.550. The number of ether oxygens (including phenoxy) is 2. The molecule has 1 aromatic carbocycles. The average molecular weight is 453 g/mol. The predicted octanol–water partition coefficient (Wildman–Crippen LogP) is 1.25. The molecule has 1 rings (SSSR count). The Morgan fingerprint density at radius 3 is 2.38 bits per heavy atom. The van der Waals surface area contributed by atoms with Gasteiger partial charge in [0.2, 0.25) is 5.91 Å².